The monoisotopic (exact) mass is 401 g/mol. The molecule has 0 N–H and O–H groups in total. The van der Waals surface area contributed by atoms with Crippen molar-refractivity contribution in [3.63, 3.8) is 0 Å². The number of fused-ring (bicyclic) bond motifs is 2. The van der Waals surface area contributed by atoms with E-state index in [4.69, 9.17) is 4.74 Å². The van der Waals surface area contributed by atoms with Crippen molar-refractivity contribution >= 4 is 11.7 Å². The summed E-state index contributed by atoms with van der Waals surface area (Å²) < 4.78 is 45.3. The molecule has 0 saturated carbocycles. The maximum atomic E-state index is 13.3. The number of rotatable bonds is 3. The van der Waals surface area contributed by atoms with Crippen molar-refractivity contribution in [2.45, 2.75) is 51.1 Å². The van der Waals surface area contributed by atoms with E-state index in [1.807, 2.05) is 36.4 Å². The van der Waals surface area contributed by atoms with Gasteiger partial charge in [-0.25, -0.2) is 4.79 Å². The van der Waals surface area contributed by atoms with Crippen LogP contribution in [0.3, 0.4) is 0 Å². The summed E-state index contributed by atoms with van der Waals surface area (Å²) in [6.07, 6.45) is -0.649. The number of hydrogen-bond donors (Lipinski definition) is 0. The quantitative estimate of drug-likeness (QED) is 0.634. The van der Waals surface area contributed by atoms with Crippen molar-refractivity contribution in [2.75, 3.05) is 0 Å². The van der Waals surface area contributed by atoms with Gasteiger partial charge in [0.1, 0.15) is 6.61 Å². The molecule has 29 heavy (non-hydrogen) atoms. The summed E-state index contributed by atoms with van der Waals surface area (Å²) in [6, 6.07) is 13.8. The Morgan fingerprint density at radius 3 is 2.59 bits per heavy atom. The second kappa shape index (κ2) is 7.58. The molecule has 1 amide bonds. The fourth-order valence-corrected chi connectivity index (χ4v) is 4.25. The predicted molar refractivity (Wildman–Crippen MR) is 104 cm³/mol. The molecule has 0 radical (unpaired) electrons. The Balaban J connectivity index is 1.51. The Hall–Kier alpha value is -2.76. The van der Waals surface area contributed by atoms with E-state index < -0.39 is 11.7 Å². The number of amides is 1. The third kappa shape index (κ3) is 4.02. The van der Waals surface area contributed by atoms with Crippen LogP contribution in [0, 0.1) is 6.92 Å². The van der Waals surface area contributed by atoms with Gasteiger partial charge in [-0.3, -0.25) is 4.90 Å². The number of ether oxygens (including phenoxy) is 1. The van der Waals surface area contributed by atoms with E-state index in [9.17, 15) is 18.0 Å². The molecule has 2 atom stereocenters. The van der Waals surface area contributed by atoms with Crippen LogP contribution in [0.4, 0.5) is 18.0 Å². The Morgan fingerprint density at radius 2 is 1.90 bits per heavy atom. The van der Waals surface area contributed by atoms with Crippen molar-refractivity contribution in [1.82, 2.24) is 4.90 Å². The topological polar surface area (TPSA) is 29.5 Å². The summed E-state index contributed by atoms with van der Waals surface area (Å²) in [7, 11) is 0. The van der Waals surface area contributed by atoms with E-state index in [1.165, 1.54) is 19.1 Å². The molecule has 2 aliphatic heterocycles. The van der Waals surface area contributed by atoms with Gasteiger partial charge in [0.15, 0.2) is 0 Å². The van der Waals surface area contributed by atoms with Gasteiger partial charge >= 0.3 is 12.3 Å². The molecule has 0 aliphatic carbocycles. The highest BCUT2D eigenvalue weighted by Gasteiger charge is 2.41. The second-order valence-electron chi connectivity index (χ2n) is 7.67. The highest BCUT2D eigenvalue weighted by atomic mass is 19.4. The normalized spacial score (nSPS) is 21.1. The fourth-order valence-electron chi connectivity index (χ4n) is 4.25. The van der Waals surface area contributed by atoms with E-state index in [2.05, 4.69) is 0 Å². The molecule has 2 unspecified atom stereocenters. The van der Waals surface area contributed by atoms with E-state index in [0.717, 1.165) is 24.0 Å². The lowest BCUT2D eigenvalue weighted by Gasteiger charge is -2.33. The van der Waals surface area contributed by atoms with Crippen LogP contribution in [0.1, 0.15) is 41.5 Å². The average Bonchev–Trinajstić information content (AvgIpc) is 2.96. The van der Waals surface area contributed by atoms with Crippen molar-refractivity contribution in [1.29, 1.82) is 0 Å². The van der Waals surface area contributed by atoms with E-state index in [-0.39, 0.29) is 30.3 Å². The zero-order valence-electron chi connectivity index (χ0n) is 16.1. The number of carbonyl (C=O) groups excluding carboxylic acids is 1. The molecule has 6 heteroatoms. The van der Waals surface area contributed by atoms with Gasteiger partial charge in [0.25, 0.3) is 0 Å². The lowest BCUT2D eigenvalue weighted by Crippen LogP contribution is -2.43. The van der Waals surface area contributed by atoms with Gasteiger partial charge in [-0.2, -0.15) is 13.2 Å². The Morgan fingerprint density at radius 1 is 1.14 bits per heavy atom. The fraction of sp³-hybridized carbons (Fsp3) is 0.348. The number of nitrogens with zero attached hydrogens (tertiary/aromatic N) is 1. The van der Waals surface area contributed by atoms with E-state index >= 15 is 0 Å². The summed E-state index contributed by atoms with van der Waals surface area (Å²) in [6.45, 7) is 1.68. The van der Waals surface area contributed by atoms with Crippen LogP contribution in [-0.4, -0.2) is 23.1 Å². The molecule has 3 nitrogen and oxygen atoms in total. The minimum atomic E-state index is -4.37. The van der Waals surface area contributed by atoms with Crippen LogP contribution in [0.5, 0.6) is 0 Å². The lowest BCUT2D eigenvalue weighted by atomic mass is 9.92. The molecule has 4 rings (SSSR count). The molecule has 2 bridgehead atoms. The van der Waals surface area contributed by atoms with Gasteiger partial charge in [-0.05, 0) is 54.5 Å². The van der Waals surface area contributed by atoms with Crippen molar-refractivity contribution in [3.8, 4) is 0 Å². The molecule has 0 spiro atoms. The van der Waals surface area contributed by atoms with Crippen molar-refractivity contribution in [3.05, 3.63) is 76.9 Å². The maximum Gasteiger partial charge on any atom is 0.416 e. The van der Waals surface area contributed by atoms with Gasteiger partial charge < -0.3 is 4.74 Å². The number of aryl methyl sites for hydroxylation is 1. The first-order chi connectivity index (χ1) is 13.8. The first kappa shape index (κ1) is 19.6. The summed E-state index contributed by atoms with van der Waals surface area (Å²) in [5.74, 6) is 0. The molecule has 2 heterocycles. The molecule has 1 saturated heterocycles. The van der Waals surface area contributed by atoms with Crippen LogP contribution in [0.25, 0.3) is 5.57 Å². The van der Waals surface area contributed by atoms with Crippen LogP contribution in [0.2, 0.25) is 0 Å². The second-order valence-corrected chi connectivity index (χ2v) is 7.67. The molecule has 1 fully saturated rings. The maximum absolute atomic E-state index is 13.3. The number of halogens is 3. The van der Waals surface area contributed by atoms with Gasteiger partial charge in [0.2, 0.25) is 0 Å². The van der Waals surface area contributed by atoms with E-state index in [0.29, 0.717) is 12.0 Å². The number of carbonyl (C=O) groups is 1. The van der Waals surface area contributed by atoms with Gasteiger partial charge in [0.05, 0.1) is 11.6 Å². The smallest absolute Gasteiger partial charge is 0.416 e. The van der Waals surface area contributed by atoms with Gasteiger partial charge in [0, 0.05) is 6.04 Å². The highest BCUT2D eigenvalue weighted by molar-refractivity contribution is 5.75. The minimum Gasteiger partial charge on any atom is -0.445 e. The molecule has 2 aliphatic rings. The summed E-state index contributed by atoms with van der Waals surface area (Å²) >= 11 is 0. The first-order valence-electron chi connectivity index (χ1n) is 9.71. The summed E-state index contributed by atoms with van der Waals surface area (Å²) in [5.41, 5.74) is 1.98. The van der Waals surface area contributed by atoms with Crippen LogP contribution < -0.4 is 0 Å². The molecule has 152 valence electrons. The number of benzene rings is 2. The standard InChI is InChI=1S/C23H22F3NO2/c1-15-7-8-17(13-21(15)23(24,25)26)18-11-19-9-10-20(12-18)27(19)22(28)29-14-16-5-3-2-4-6-16/h2-8,11,13,19-20H,9-10,12,14H2,1H3. The highest BCUT2D eigenvalue weighted by Crippen LogP contribution is 2.40. The third-order valence-corrected chi connectivity index (χ3v) is 5.73. The van der Waals surface area contributed by atoms with Gasteiger partial charge in [-0.15, -0.1) is 0 Å². The largest absolute Gasteiger partial charge is 0.445 e. The average molecular weight is 401 g/mol. The molecular weight excluding hydrogens is 379 g/mol. The summed E-state index contributed by atoms with van der Waals surface area (Å²) in [4.78, 5) is 14.4. The predicted octanol–water partition coefficient (Wildman–Crippen LogP) is 5.97. The SMILES string of the molecule is Cc1ccc(C2=CC3CCC(C2)N3C(=O)OCc2ccccc2)cc1C(F)(F)F. The van der Waals surface area contributed by atoms with E-state index in [1.54, 1.807) is 11.0 Å². The number of hydrogen-bond acceptors (Lipinski definition) is 2. The van der Waals surface area contributed by atoms with Crippen LogP contribution in [0.15, 0.2) is 54.6 Å². The Kier molecular flexibility index (Phi) is 5.11. The zero-order valence-corrected chi connectivity index (χ0v) is 16.1. The number of alkyl halides is 3. The molecule has 2 aromatic rings. The third-order valence-electron chi connectivity index (χ3n) is 5.73. The van der Waals surface area contributed by atoms with Crippen molar-refractivity contribution < 1.29 is 22.7 Å². The first-order valence-corrected chi connectivity index (χ1v) is 9.71. The van der Waals surface area contributed by atoms with Crippen LogP contribution >= 0.6 is 0 Å². The molecular formula is C23H22F3NO2. The lowest BCUT2D eigenvalue weighted by molar-refractivity contribution is -0.138. The van der Waals surface area contributed by atoms with Crippen molar-refractivity contribution in [2.24, 2.45) is 0 Å². The Bertz CT molecular complexity index is 937. The van der Waals surface area contributed by atoms with Gasteiger partial charge in [-0.1, -0.05) is 48.5 Å². The summed E-state index contributed by atoms with van der Waals surface area (Å²) in [5, 5.41) is 0. The molecule has 0 aromatic heterocycles. The zero-order chi connectivity index (χ0) is 20.6. The minimum absolute atomic E-state index is 0.0427. The Labute approximate surface area is 167 Å². The van der Waals surface area contributed by atoms with Crippen LogP contribution in [-0.2, 0) is 17.5 Å². The molecule has 2 aromatic carbocycles.